The average molecular weight is 359 g/mol. The molecule has 4 nitrogen and oxygen atoms in total. The number of carbonyl (C=O) groups is 1. The maximum absolute atomic E-state index is 12.3. The lowest BCUT2D eigenvalue weighted by Gasteiger charge is -2.20. The minimum absolute atomic E-state index is 0.240. The lowest BCUT2D eigenvalue weighted by Crippen LogP contribution is -2.45. The molecule has 4 N–H and O–H groups in total. The number of aliphatic carboxylic acids is 1. The summed E-state index contributed by atoms with van der Waals surface area (Å²) in [5, 5.41) is 18.5. The zero-order valence-corrected chi connectivity index (χ0v) is 14.0. The number of hydrogen-bond acceptors (Lipinski definition) is 3. The fourth-order valence-corrected chi connectivity index (χ4v) is 2.37. The molecule has 25 heavy (non-hydrogen) atoms. The molecule has 3 atom stereocenters. The lowest BCUT2D eigenvalue weighted by molar-refractivity contribution is -0.142. The number of nitrogens with two attached hydrogens (primary N) is 1. The van der Waals surface area contributed by atoms with Crippen LogP contribution in [0, 0.1) is 5.92 Å². The highest BCUT2D eigenvalue weighted by Crippen LogP contribution is 2.21. The van der Waals surface area contributed by atoms with E-state index in [-0.39, 0.29) is 11.5 Å². The molecule has 1 rings (SSSR count). The van der Waals surface area contributed by atoms with Crippen molar-refractivity contribution in [2.24, 2.45) is 11.7 Å². The molecule has 1 aromatic carbocycles. The van der Waals surface area contributed by atoms with E-state index in [1.165, 1.54) is 12.1 Å². The summed E-state index contributed by atoms with van der Waals surface area (Å²) in [5.74, 6) is -1.53. The van der Waals surface area contributed by atoms with Gasteiger partial charge in [-0.05, 0) is 36.3 Å². The van der Waals surface area contributed by atoms with E-state index in [2.05, 4.69) is 0 Å². The van der Waals surface area contributed by atoms with E-state index in [0.717, 1.165) is 5.56 Å². The summed E-state index contributed by atoms with van der Waals surface area (Å²) < 4.78 is 36.8. The summed E-state index contributed by atoms with van der Waals surface area (Å²) in [7, 11) is 0. The number of aliphatic hydroxyl groups is 1. The summed E-state index contributed by atoms with van der Waals surface area (Å²) in [6.45, 7) is 1.72. The minimum Gasteiger partial charge on any atom is -0.480 e. The Bertz CT molecular complexity index is 570. The fraction of sp³-hybridized carbons (Fsp3) is 0.500. The molecule has 0 aromatic heterocycles. The van der Waals surface area contributed by atoms with E-state index >= 15 is 0 Å². The largest absolute Gasteiger partial charge is 0.480 e. The van der Waals surface area contributed by atoms with Crippen molar-refractivity contribution in [2.75, 3.05) is 0 Å². The highest BCUT2D eigenvalue weighted by atomic mass is 19.4. The first kappa shape index (κ1) is 21.2. The number of hydrogen-bond donors (Lipinski definition) is 3. The molecule has 7 heteroatoms. The molecule has 0 aliphatic heterocycles. The van der Waals surface area contributed by atoms with Gasteiger partial charge in [-0.2, -0.15) is 13.2 Å². The molecule has 0 amide bonds. The van der Waals surface area contributed by atoms with Crippen molar-refractivity contribution < 1.29 is 28.2 Å². The SMILES string of the molecule is CC(C/C=C/CCc1ccc(CC(F)(F)F)cc1)C(O)C(N)C(=O)O. The third-order valence-electron chi connectivity index (χ3n) is 3.94. The highest BCUT2D eigenvalue weighted by Gasteiger charge is 2.27. The van der Waals surface area contributed by atoms with E-state index in [4.69, 9.17) is 10.8 Å². The van der Waals surface area contributed by atoms with Gasteiger partial charge in [-0.1, -0.05) is 43.3 Å². The van der Waals surface area contributed by atoms with Gasteiger partial charge in [-0.25, -0.2) is 0 Å². The first-order valence-corrected chi connectivity index (χ1v) is 8.06. The van der Waals surface area contributed by atoms with Crippen LogP contribution in [-0.2, 0) is 17.6 Å². The van der Waals surface area contributed by atoms with Crippen molar-refractivity contribution in [3.63, 3.8) is 0 Å². The summed E-state index contributed by atoms with van der Waals surface area (Å²) in [5.41, 5.74) is 6.56. The normalized spacial score (nSPS) is 15.9. The molecule has 0 radical (unpaired) electrons. The predicted octanol–water partition coefficient (Wildman–Crippen LogP) is 3.08. The van der Waals surface area contributed by atoms with Crippen molar-refractivity contribution >= 4 is 5.97 Å². The van der Waals surface area contributed by atoms with Crippen LogP contribution in [0.15, 0.2) is 36.4 Å². The van der Waals surface area contributed by atoms with E-state index in [0.29, 0.717) is 19.3 Å². The van der Waals surface area contributed by atoms with Gasteiger partial charge in [0.1, 0.15) is 6.04 Å². The topological polar surface area (TPSA) is 83.5 Å². The first-order chi connectivity index (χ1) is 11.6. The third-order valence-corrected chi connectivity index (χ3v) is 3.94. The van der Waals surface area contributed by atoms with Crippen LogP contribution in [-0.4, -0.2) is 34.5 Å². The van der Waals surface area contributed by atoms with Gasteiger partial charge in [0.25, 0.3) is 0 Å². The van der Waals surface area contributed by atoms with Crippen LogP contribution in [0.1, 0.15) is 30.9 Å². The zero-order valence-electron chi connectivity index (χ0n) is 14.0. The number of rotatable bonds is 9. The molecular formula is C18H24F3NO3. The number of aryl methyl sites for hydroxylation is 1. The van der Waals surface area contributed by atoms with Crippen LogP contribution in [0.5, 0.6) is 0 Å². The summed E-state index contributed by atoms with van der Waals surface area (Å²) >= 11 is 0. The van der Waals surface area contributed by atoms with Gasteiger partial charge in [0.2, 0.25) is 0 Å². The molecule has 1 aromatic rings. The standard InChI is InChI=1S/C18H24F3NO3/c1-12(16(23)15(22)17(24)25)5-3-2-4-6-13-7-9-14(10-8-13)11-18(19,20)21/h2-3,7-10,12,15-16,23H,4-6,11,22H2,1H3,(H,24,25)/b3-2+. The van der Waals surface area contributed by atoms with Gasteiger partial charge >= 0.3 is 12.1 Å². The summed E-state index contributed by atoms with van der Waals surface area (Å²) in [6, 6.07) is 5.04. The molecule has 0 bridgehead atoms. The van der Waals surface area contributed by atoms with Crippen molar-refractivity contribution in [2.45, 2.75) is 50.9 Å². The molecule has 140 valence electrons. The number of carboxylic acid groups (broad SMARTS) is 1. The van der Waals surface area contributed by atoms with Crippen LogP contribution in [0.3, 0.4) is 0 Å². The van der Waals surface area contributed by atoms with Gasteiger partial charge in [-0.3, -0.25) is 4.79 Å². The maximum atomic E-state index is 12.3. The second kappa shape index (κ2) is 9.58. The van der Waals surface area contributed by atoms with Gasteiger partial charge in [0, 0.05) is 0 Å². The fourth-order valence-electron chi connectivity index (χ4n) is 2.37. The lowest BCUT2D eigenvalue weighted by atomic mass is 9.95. The number of allylic oxidation sites excluding steroid dienone is 2. The monoisotopic (exact) mass is 359 g/mol. The van der Waals surface area contributed by atoms with E-state index in [9.17, 15) is 23.1 Å². The van der Waals surface area contributed by atoms with Crippen molar-refractivity contribution in [1.29, 1.82) is 0 Å². The summed E-state index contributed by atoms with van der Waals surface area (Å²) in [6.07, 6.45) is -0.614. The van der Waals surface area contributed by atoms with Gasteiger partial charge in [-0.15, -0.1) is 0 Å². The minimum atomic E-state index is -4.20. The zero-order chi connectivity index (χ0) is 19.0. The second-order valence-corrected chi connectivity index (χ2v) is 6.19. The molecule has 0 saturated carbocycles. The molecule has 0 heterocycles. The number of benzene rings is 1. The molecule has 0 spiro atoms. The number of alkyl halides is 3. The quantitative estimate of drug-likeness (QED) is 0.592. The Morgan fingerprint density at radius 1 is 1.20 bits per heavy atom. The number of aliphatic hydroxyl groups excluding tert-OH is 1. The Kier molecular flexibility index (Phi) is 8.12. The third kappa shape index (κ3) is 8.18. The number of halogens is 3. The molecule has 0 aliphatic carbocycles. The van der Waals surface area contributed by atoms with Crippen LogP contribution in [0.25, 0.3) is 0 Å². The average Bonchev–Trinajstić information content (AvgIpc) is 2.52. The maximum Gasteiger partial charge on any atom is 0.393 e. The number of carboxylic acids is 1. The van der Waals surface area contributed by atoms with Gasteiger partial charge in [0.15, 0.2) is 0 Å². The Morgan fingerprint density at radius 3 is 2.28 bits per heavy atom. The van der Waals surface area contributed by atoms with Crippen LogP contribution < -0.4 is 5.73 Å². The molecule has 0 saturated heterocycles. The van der Waals surface area contributed by atoms with Crippen molar-refractivity contribution in [1.82, 2.24) is 0 Å². The van der Waals surface area contributed by atoms with E-state index < -0.39 is 30.7 Å². The highest BCUT2D eigenvalue weighted by molar-refractivity contribution is 5.73. The Labute approximate surface area is 145 Å². The van der Waals surface area contributed by atoms with E-state index in [1.54, 1.807) is 19.1 Å². The van der Waals surface area contributed by atoms with Gasteiger partial charge in [0.05, 0.1) is 12.5 Å². The molecule has 0 aliphatic rings. The Balaban J connectivity index is 2.37. The van der Waals surface area contributed by atoms with Crippen molar-refractivity contribution in [3.05, 3.63) is 47.5 Å². The molecule has 3 unspecified atom stereocenters. The van der Waals surface area contributed by atoms with Crippen LogP contribution >= 0.6 is 0 Å². The van der Waals surface area contributed by atoms with Gasteiger partial charge < -0.3 is 15.9 Å². The van der Waals surface area contributed by atoms with Crippen molar-refractivity contribution in [3.8, 4) is 0 Å². The Morgan fingerprint density at radius 2 is 1.76 bits per heavy atom. The molecular weight excluding hydrogens is 335 g/mol. The smallest absolute Gasteiger partial charge is 0.393 e. The predicted molar refractivity (Wildman–Crippen MR) is 89.1 cm³/mol. The second-order valence-electron chi connectivity index (χ2n) is 6.19. The van der Waals surface area contributed by atoms with E-state index in [1.807, 2.05) is 12.2 Å². The van der Waals surface area contributed by atoms with Crippen LogP contribution in [0.4, 0.5) is 13.2 Å². The molecule has 0 fully saturated rings. The summed E-state index contributed by atoms with van der Waals surface area (Å²) in [4.78, 5) is 10.7. The van der Waals surface area contributed by atoms with Crippen LogP contribution in [0.2, 0.25) is 0 Å². The first-order valence-electron chi connectivity index (χ1n) is 8.06. The Hall–Kier alpha value is -1.86.